The molecule has 0 saturated heterocycles. The van der Waals surface area contributed by atoms with E-state index in [4.69, 9.17) is 9.47 Å². The third-order valence-electron chi connectivity index (χ3n) is 4.06. The molecule has 2 aromatic carbocycles. The van der Waals surface area contributed by atoms with Gasteiger partial charge in [0.25, 0.3) is 0 Å². The number of esters is 1. The molecule has 27 heavy (non-hydrogen) atoms. The maximum absolute atomic E-state index is 11.3. The lowest BCUT2D eigenvalue weighted by Gasteiger charge is -2.16. The van der Waals surface area contributed by atoms with Crippen LogP contribution in [0.15, 0.2) is 36.4 Å². The van der Waals surface area contributed by atoms with Crippen molar-refractivity contribution in [3.05, 3.63) is 58.7 Å². The van der Waals surface area contributed by atoms with Gasteiger partial charge in [-0.25, -0.2) is 4.79 Å². The molecule has 0 aliphatic heterocycles. The Labute approximate surface area is 161 Å². The van der Waals surface area contributed by atoms with Crippen molar-refractivity contribution in [2.45, 2.75) is 46.9 Å². The molecule has 0 heterocycles. The lowest BCUT2D eigenvalue weighted by Crippen LogP contribution is -2.16. The number of aryl methyl sites for hydroxylation is 2. The van der Waals surface area contributed by atoms with E-state index in [2.05, 4.69) is 28.3 Å². The van der Waals surface area contributed by atoms with Crippen LogP contribution in [-0.4, -0.2) is 25.8 Å². The van der Waals surface area contributed by atoms with Crippen molar-refractivity contribution in [2.75, 3.05) is 13.7 Å². The average Bonchev–Trinajstić information content (AvgIpc) is 2.61. The molecule has 5 nitrogen and oxygen atoms in total. The predicted octanol–water partition coefficient (Wildman–Crippen LogP) is 3.93. The Morgan fingerprint density at radius 1 is 1.07 bits per heavy atom. The first kappa shape index (κ1) is 20.8. The highest BCUT2D eigenvalue weighted by Crippen LogP contribution is 2.25. The summed E-state index contributed by atoms with van der Waals surface area (Å²) in [6.45, 7) is 9.39. The highest BCUT2D eigenvalue weighted by atomic mass is 16.6. The van der Waals surface area contributed by atoms with Gasteiger partial charge in [-0.1, -0.05) is 30.3 Å². The van der Waals surface area contributed by atoms with Crippen molar-refractivity contribution in [3.8, 4) is 11.5 Å². The van der Waals surface area contributed by atoms with Crippen LogP contribution in [0.5, 0.6) is 11.5 Å². The highest BCUT2D eigenvalue weighted by molar-refractivity contribution is 5.71. The van der Waals surface area contributed by atoms with E-state index in [9.17, 15) is 4.79 Å². The Balaban J connectivity index is 1.98. The van der Waals surface area contributed by atoms with Crippen LogP contribution in [0.2, 0.25) is 0 Å². The fourth-order valence-electron chi connectivity index (χ4n) is 2.92. The van der Waals surface area contributed by atoms with Crippen LogP contribution in [0.1, 0.15) is 36.1 Å². The van der Waals surface area contributed by atoms with E-state index in [1.807, 2.05) is 45.9 Å². The van der Waals surface area contributed by atoms with Gasteiger partial charge in [0.15, 0.2) is 6.61 Å². The zero-order valence-corrected chi connectivity index (χ0v) is 16.8. The fourth-order valence-corrected chi connectivity index (χ4v) is 2.92. The number of benzene rings is 2. The molecule has 0 aliphatic rings. The second-order valence-corrected chi connectivity index (χ2v) is 6.80. The van der Waals surface area contributed by atoms with Gasteiger partial charge in [-0.05, 0) is 50.5 Å². The predicted molar refractivity (Wildman–Crippen MR) is 106 cm³/mol. The van der Waals surface area contributed by atoms with E-state index in [1.165, 1.54) is 7.11 Å². The molecule has 0 spiro atoms. The molecule has 0 saturated carbocycles. The van der Waals surface area contributed by atoms with Gasteiger partial charge in [0.2, 0.25) is 0 Å². The van der Waals surface area contributed by atoms with Gasteiger partial charge >= 0.3 is 5.97 Å². The SMILES string of the molecule is COC(=O)COc1c(C)cc(CNCc2ccccc2OC(C)C)cc1C. The third-order valence-corrected chi connectivity index (χ3v) is 4.06. The highest BCUT2D eigenvalue weighted by Gasteiger charge is 2.10. The number of methoxy groups -OCH3 is 1. The molecule has 0 amide bonds. The van der Waals surface area contributed by atoms with Crippen LogP contribution in [0, 0.1) is 13.8 Å². The smallest absolute Gasteiger partial charge is 0.343 e. The Morgan fingerprint density at radius 2 is 1.74 bits per heavy atom. The summed E-state index contributed by atoms with van der Waals surface area (Å²) in [7, 11) is 1.35. The number of para-hydroxylation sites is 1. The van der Waals surface area contributed by atoms with E-state index in [0.717, 1.165) is 46.8 Å². The molecular weight excluding hydrogens is 342 g/mol. The van der Waals surface area contributed by atoms with Gasteiger partial charge in [0.1, 0.15) is 11.5 Å². The van der Waals surface area contributed by atoms with E-state index >= 15 is 0 Å². The van der Waals surface area contributed by atoms with Crippen molar-refractivity contribution >= 4 is 5.97 Å². The molecule has 5 heteroatoms. The quantitative estimate of drug-likeness (QED) is 0.677. The van der Waals surface area contributed by atoms with Gasteiger partial charge in [-0.3, -0.25) is 0 Å². The zero-order valence-electron chi connectivity index (χ0n) is 16.8. The van der Waals surface area contributed by atoms with Crippen molar-refractivity contribution in [1.82, 2.24) is 5.32 Å². The van der Waals surface area contributed by atoms with E-state index < -0.39 is 0 Å². The van der Waals surface area contributed by atoms with Crippen LogP contribution in [0.3, 0.4) is 0 Å². The summed E-state index contributed by atoms with van der Waals surface area (Å²) in [6, 6.07) is 12.2. The van der Waals surface area contributed by atoms with Crippen LogP contribution in [0.4, 0.5) is 0 Å². The van der Waals surface area contributed by atoms with Crippen LogP contribution >= 0.6 is 0 Å². The molecule has 0 bridgehead atoms. The van der Waals surface area contributed by atoms with Crippen LogP contribution < -0.4 is 14.8 Å². The van der Waals surface area contributed by atoms with Gasteiger partial charge in [-0.2, -0.15) is 0 Å². The normalized spacial score (nSPS) is 10.7. The first-order chi connectivity index (χ1) is 12.9. The minimum atomic E-state index is -0.387. The number of rotatable bonds is 9. The minimum Gasteiger partial charge on any atom is -0.491 e. The third kappa shape index (κ3) is 6.29. The first-order valence-corrected chi connectivity index (χ1v) is 9.15. The van der Waals surface area contributed by atoms with E-state index in [1.54, 1.807) is 0 Å². The van der Waals surface area contributed by atoms with Crippen LogP contribution in [-0.2, 0) is 22.6 Å². The molecular formula is C22H29NO4. The molecule has 0 unspecified atom stereocenters. The number of hydrogen-bond acceptors (Lipinski definition) is 5. The van der Waals surface area contributed by atoms with E-state index in [0.29, 0.717) is 0 Å². The zero-order chi connectivity index (χ0) is 19.8. The topological polar surface area (TPSA) is 56.8 Å². The Morgan fingerprint density at radius 3 is 2.37 bits per heavy atom. The lowest BCUT2D eigenvalue weighted by molar-refractivity contribution is -0.142. The average molecular weight is 371 g/mol. The summed E-state index contributed by atoms with van der Waals surface area (Å²) in [5.41, 5.74) is 4.30. The minimum absolute atomic E-state index is 0.0809. The number of carbonyl (C=O) groups is 1. The summed E-state index contributed by atoms with van der Waals surface area (Å²) in [4.78, 5) is 11.3. The standard InChI is InChI=1S/C22H29NO4/c1-15(2)27-20-9-7-6-8-19(20)13-23-12-18-10-16(3)22(17(4)11-18)26-14-21(24)25-5/h6-11,15,23H,12-14H2,1-5H3. The maximum Gasteiger partial charge on any atom is 0.343 e. The second kappa shape index (κ2) is 9.97. The molecule has 146 valence electrons. The molecule has 2 aromatic rings. The maximum atomic E-state index is 11.3. The van der Waals surface area contributed by atoms with Crippen LogP contribution in [0.25, 0.3) is 0 Å². The summed E-state index contributed by atoms with van der Waals surface area (Å²) >= 11 is 0. The fraction of sp³-hybridized carbons (Fsp3) is 0.409. The Bertz CT molecular complexity index is 748. The van der Waals surface area contributed by atoms with Gasteiger partial charge < -0.3 is 19.5 Å². The summed E-state index contributed by atoms with van der Waals surface area (Å²) in [5, 5.41) is 3.47. The van der Waals surface area contributed by atoms with Gasteiger partial charge in [-0.15, -0.1) is 0 Å². The second-order valence-electron chi connectivity index (χ2n) is 6.80. The van der Waals surface area contributed by atoms with Crippen molar-refractivity contribution in [2.24, 2.45) is 0 Å². The molecule has 0 aliphatic carbocycles. The lowest BCUT2D eigenvalue weighted by atomic mass is 10.1. The van der Waals surface area contributed by atoms with Crippen molar-refractivity contribution < 1.29 is 19.0 Å². The number of carbonyl (C=O) groups excluding carboxylic acids is 1. The number of nitrogens with one attached hydrogen (secondary N) is 1. The molecule has 0 atom stereocenters. The van der Waals surface area contributed by atoms with E-state index in [-0.39, 0.29) is 18.7 Å². The molecule has 0 fully saturated rings. The number of hydrogen-bond donors (Lipinski definition) is 1. The first-order valence-electron chi connectivity index (χ1n) is 9.15. The summed E-state index contributed by atoms with van der Waals surface area (Å²) in [6.07, 6.45) is 0.147. The summed E-state index contributed by atoms with van der Waals surface area (Å²) < 4.78 is 16.1. The van der Waals surface area contributed by atoms with Crippen molar-refractivity contribution in [3.63, 3.8) is 0 Å². The number of ether oxygens (including phenoxy) is 3. The summed E-state index contributed by atoms with van der Waals surface area (Å²) in [5.74, 6) is 1.26. The van der Waals surface area contributed by atoms with Crippen molar-refractivity contribution in [1.29, 1.82) is 0 Å². The molecule has 1 N–H and O–H groups in total. The van der Waals surface area contributed by atoms with Gasteiger partial charge in [0, 0.05) is 18.7 Å². The Hall–Kier alpha value is -2.53. The molecule has 0 radical (unpaired) electrons. The molecule has 2 rings (SSSR count). The monoisotopic (exact) mass is 371 g/mol. The molecule has 0 aromatic heterocycles. The Kier molecular flexibility index (Phi) is 7.67. The largest absolute Gasteiger partial charge is 0.491 e. The van der Waals surface area contributed by atoms with Gasteiger partial charge in [0.05, 0.1) is 13.2 Å².